The Balaban J connectivity index is 0.000000230. The fraction of sp³-hybridized carbons (Fsp3) is 0.465. The average molecular weight is 890 g/mol. The molecule has 0 spiro atoms. The smallest absolute Gasteiger partial charge is 0.243 e. The lowest BCUT2D eigenvalue weighted by molar-refractivity contribution is -0.185. The van der Waals surface area contributed by atoms with Crippen molar-refractivity contribution in [1.29, 1.82) is 0 Å². The van der Waals surface area contributed by atoms with Crippen molar-refractivity contribution in [3.05, 3.63) is 106 Å². The molecule has 61 heavy (non-hydrogen) atoms. The molecule has 1 fully saturated rings. The van der Waals surface area contributed by atoms with Crippen LogP contribution in [0.25, 0.3) is 9.66 Å². The first kappa shape index (κ1) is 46.0. The first-order valence-electron chi connectivity index (χ1n) is 19.9. The third-order valence-electron chi connectivity index (χ3n) is 11.9. The number of rotatable bonds is 16. The summed E-state index contributed by atoms with van der Waals surface area (Å²) in [6.07, 6.45) is 13.8. The topological polar surface area (TPSA) is 170 Å². The number of pyridine rings is 2. The van der Waals surface area contributed by atoms with E-state index >= 15 is 0 Å². The molecule has 0 unspecified atom stereocenters. The minimum absolute atomic E-state index is 0.0262. The summed E-state index contributed by atoms with van der Waals surface area (Å²) >= 11 is 2.71. The van der Waals surface area contributed by atoms with Crippen molar-refractivity contribution in [3.8, 4) is 0 Å². The summed E-state index contributed by atoms with van der Waals surface area (Å²) in [5.41, 5.74) is 2.58. The van der Waals surface area contributed by atoms with Crippen LogP contribution in [0.5, 0.6) is 0 Å². The number of carbonyl (C=O) groups is 3. The molecule has 15 nitrogen and oxygen atoms in total. The quantitative estimate of drug-likeness (QED) is 0.0440. The SMILES string of the molecule is CCC(=O)c1cn2cnc(C(OC)(OC)c3cccnc3)c2s1.COC(OC)(c1cccnc1)c1ncn2cc(C(=O)[C@H](C)[C@H]3NC(=O)[C@@H]3[C@@H](C)O[Si](C)(C)C(C)(C)C)sc12. The molecule has 1 aliphatic heterocycles. The number of ether oxygens (including phenoxy) is 4. The van der Waals surface area contributed by atoms with Crippen molar-refractivity contribution >= 4 is 58.1 Å². The molecule has 18 heteroatoms. The number of β-lactam (4-membered cyclic amide) rings is 1. The third-order valence-corrected chi connectivity index (χ3v) is 18.7. The molecule has 1 N–H and O–H groups in total. The Morgan fingerprint density at radius 1 is 0.820 bits per heavy atom. The highest BCUT2D eigenvalue weighted by Crippen LogP contribution is 2.42. The second-order valence-electron chi connectivity index (χ2n) is 16.4. The molecule has 0 aromatic carbocycles. The summed E-state index contributed by atoms with van der Waals surface area (Å²) in [5.74, 6) is -3.23. The minimum atomic E-state index is -2.07. The Bertz CT molecular complexity index is 2470. The van der Waals surface area contributed by atoms with E-state index in [-0.39, 0.29) is 40.6 Å². The van der Waals surface area contributed by atoms with E-state index in [4.69, 9.17) is 23.4 Å². The number of aromatic nitrogens is 6. The largest absolute Gasteiger partial charge is 0.413 e. The van der Waals surface area contributed by atoms with E-state index in [2.05, 4.69) is 59.1 Å². The molecule has 4 atom stereocenters. The predicted molar refractivity (Wildman–Crippen MR) is 235 cm³/mol. The van der Waals surface area contributed by atoms with Gasteiger partial charge >= 0.3 is 0 Å². The van der Waals surface area contributed by atoms with Gasteiger partial charge in [-0.1, -0.05) is 46.8 Å². The first-order valence-corrected chi connectivity index (χ1v) is 24.5. The number of hydrogen-bond acceptors (Lipinski definition) is 14. The Morgan fingerprint density at radius 2 is 1.30 bits per heavy atom. The zero-order valence-electron chi connectivity index (χ0n) is 36.7. The van der Waals surface area contributed by atoms with Crippen molar-refractivity contribution in [2.75, 3.05) is 28.4 Å². The van der Waals surface area contributed by atoms with Crippen molar-refractivity contribution in [3.63, 3.8) is 0 Å². The summed E-state index contributed by atoms with van der Waals surface area (Å²) in [4.78, 5) is 58.4. The predicted octanol–water partition coefficient (Wildman–Crippen LogP) is 7.51. The van der Waals surface area contributed by atoms with Crippen molar-refractivity contribution in [2.45, 2.75) is 89.8 Å². The van der Waals surface area contributed by atoms with E-state index in [0.29, 0.717) is 33.1 Å². The van der Waals surface area contributed by atoms with E-state index in [0.717, 1.165) is 15.2 Å². The number of imidazole rings is 2. The van der Waals surface area contributed by atoms with Gasteiger partial charge in [-0.3, -0.25) is 33.2 Å². The van der Waals surface area contributed by atoms with Crippen LogP contribution in [0, 0.1) is 11.8 Å². The first-order chi connectivity index (χ1) is 28.9. The van der Waals surface area contributed by atoms with Crippen LogP contribution in [0.3, 0.4) is 0 Å². The summed E-state index contributed by atoms with van der Waals surface area (Å²) in [6, 6.07) is 7.06. The van der Waals surface area contributed by atoms with Crippen LogP contribution >= 0.6 is 22.7 Å². The van der Waals surface area contributed by atoms with Gasteiger partial charge in [0.15, 0.2) is 19.9 Å². The van der Waals surface area contributed by atoms with E-state index < -0.39 is 25.8 Å². The number of methoxy groups -OCH3 is 4. The van der Waals surface area contributed by atoms with Gasteiger partial charge in [-0.05, 0) is 37.2 Å². The van der Waals surface area contributed by atoms with Crippen LogP contribution in [0.4, 0.5) is 0 Å². The van der Waals surface area contributed by atoms with Gasteiger partial charge in [-0.25, -0.2) is 9.97 Å². The molecule has 0 saturated carbocycles. The number of Topliss-reactive ketones (excluding diaryl/α,β-unsaturated/α-hetero) is 2. The van der Waals surface area contributed by atoms with Gasteiger partial charge in [0.25, 0.3) is 0 Å². The fourth-order valence-corrected chi connectivity index (χ4v) is 11.0. The molecule has 7 rings (SSSR count). The number of nitrogens with zero attached hydrogens (tertiary/aromatic N) is 6. The maximum absolute atomic E-state index is 13.7. The lowest BCUT2D eigenvalue weighted by atomic mass is 9.77. The number of nitrogens with one attached hydrogen (secondary N) is 1. The number of amides is 1. The fourth-order valence-electron chi connectivity index (χ4n) is 7.34. The monoisotopic (exact) mass is 889 g/mol. The molecular weight excluding hydrogens is 835 g/mol. The maximum Gasteiger partial charge on any atom is 0.243 e. The zero-order valence-corrected chi connectivity index (χ0v) is 39.3. The van der Waals surface area contributed by atoms with Gasteiger partial charge in [0.1, 0.15) is 33.7 Å². The lowest BCUT2D eigenvalue weighted by Gasteiger charge is -2.46. The van der Waals surface area contributed by atoms with Gasteiger partial charge in [-0.15, -0.1) is 22.7 Å². The van der Waals surface area contributed by atoms with Crippen LogP contribution in [-0.2, 0) is 39.7 Å². The highest BCUT2D eigenvalue weighted by molar-refractivity contribution is 7.19. The summed E-state index contributed by atoms with van der Waals surface area (Å²) in [6.45, 7) is 16.6. The Morgan fingerprint density at radius 3 is 1.70 bits per heavy atom. The van der Waals surface area contributed by atoms with Crippen LogP contribution < -0.4 is 5.32 Å². The van der Waals surface area contributed by atoms with E-state index in [1.807, 2.05) is 47.8 Å². The summed E-state index contributed by atoms with van der Waals surface area (Å²) in [7, 11) is 4.16. The highest BCUT2D eigenvalue weighted by Gasteiger charge is 2.51. The van der Waals surface area contributed by atoms with Crippen LogP contribution in [-0.4, -0.2) is 95.1 Å². The Kier molecular flexibility index (Phi) is 13.6. The number of fused-ring (bicyclic) bond motifs is 2. The minimum Gasteiger partial charge on any atom is -0.413 e. The molecule has 1 aliphatic rings. The number of ketones is 2. The standard InChI is InChI=1S/C27H38N4O5SSi.C16H17N3O3S/c1-16(21-20(24(33)30-21)17(2)36-38(8,9)26(3,4)5)22(32)19-14-31-15-29-23(25(31)37-19)27(34-6,35-7)18-11-10-12-28-13-18;1-4-12(20)13-9-19-10-18-14(15(19)23-13)16(21-2,22-3)11-6-5-7-17-8-11/h10-17,20-21H,1-9H3,(H,30,33);5-10H,4H2,1-3H3/t16-,17-,20-,21-;/m1./s1. The second kappa shape index (κ2) is 18.1. The van der Waals surface area contributed by atoms with Crippen LogP contribution in [0.1, 0.15) is 89.8 Å². The van der Waals surface area contributed by atoms with Gasteiger partial charge in [0.05, 0.1) is 27.8 Å². The van der Waals surface area contributed by atoms with Crippen molar-refractivity contribution in [2.24, 2.45) is 11.8 Å². The molecule has 7 heterocycles. The highest BCUT2D eigenvalue weighted by atomic mass is 32.1. The van der Waals surface area contributed by atoms with Gasteiger partial charge in [0.2, 0.25) is 17.5 Å². The van der Waals surface area contributed by atoms with Crippen LogP contribution in [0.2, 0.25) is 18.1 Å². The second-order valence-corrected chi connectivity index (χ2v) is 23.2. The number of hydrogen-bond donors (Lipinski definition) is 1. The molecule has 0 radical (unpaired) electrons. The molecule has 0 aliphatic carbocycles. The zero-order chi connectivity index (χ0) is 44.5. The summed E-state index contributed by atoms with van der Waals surface area (Å²) in [5, 5.41) is 2.99. The van der Waals surface area contributed by atoms with E-state index in [1.54, 1.807) is 84.3 Å². The lowest BCUT2D eigenvalue weighted by Crippen LogP contribution is -2.66. The third kappa shape index (κ3) is 8.39. The van der Waals surface area contributed by atoms with E-state index in [9.17, 15) is 14.4 Å². The van der Waals surface area contributed by atoms with Crippen LogP contribution in [0.15, 0.2) is 74.1 Å². The van der Waals surface area contributed by atoms with Gasteiger partial charge < -0.3 is 28.7 Å². The van der Waals surface area contributed by atoms with E-state index in [1.165, 1.54) is 22.7 Å². The molecular formula is C43H55N7O8S2Si. The molecule has 6 aromatic heterocycles. The molecule has 326 valence electrons. The molecule has 1 saturated heterocycles. The number of carbonyl (C=O) groups excluding carboxylic acids is 3. The molecule has 0 bridgehead atoms. The van der Waals surface area contributed by atoms with Crippen molar-refractivity contribution < 1.29 is 37.8 Å². The maximum atomic E-state index is 13.7. The Labute approximate surface area is 364 Å². The van der Waals surface area contributed by atoms with Crippen molar-refractivity contribution in [1.82, 2.24) is 34.1 Å². The summed E-state index contributed by atoms with van der Waals surface area (Å²) < 4.78 is 33.3. The molecule has 1 amide bonds. The van der Waals surface area contributed by atoms with Gasteiger partial charge in [-0.2, -0.15) is 0 Å². The molecule has 6 aromatic rings. The normalized spacial score (nSPS) is 17.1. The number of thiazole rings is 2. The van der Waals surface area contributed by atoms with Gasteiger partial charge in [0, 0.05) is 89.1 Å². The Hall–Kier alpha value is -4.53. The average Bonchev–Trinajstić information content (AvgIpc) is 4.04.